The maximum absolute atomic E-state index is 10.7. The Morgan fingerprint density at radius 2 is 0.828 bits per heavy atom. The van der Waals surface area contributed by atoms with Crippen molar-refractivity contribution in [2.24, 2.45) is 23.7 Å². The minimum Gasteiger partial charge on any atom is -0.227 e. The Morgan fingerprint density at radius 1 is 0.414 bits per heavy atom. The molecule has 0 amide bonds. The standard InChI is InChI=1S/C54H40N4/c55-32-48-44-15-7-9-17-46(44)50(47-18-10-8-16-45(47)48)36-19-23-40(24-20-36)54(42-28-34-27-35(30-42)31-43(54)29-34)41-25-21-38(22-26-41)52-49(33-56)51(37-11-3-1-4-12-37)57-53(58-52)39-13-5-2-6-14-39/h1-26,34-35,42-43H,27-31H2. The summed E-state index contributed by atoms with van der Waals surface area (Å²) in [6, 6.07) is 60.4. The molecule has 12 rings (SSSR count). The quantitative estimate of drug-likeness (QED) is 0.159. The van der Waals surface area contributed by atoms with Crippen molar-refractivity contribution in [2.75, 3.05) is 0 Å². The van der Waals surface area contributed by atoms with E-state index in [1.807, 2.05) is 72.8 Å². The first-order valence-electron chi connectivity index (χ1n) is 20.6. The molecule has 7 aromatic carbocycles. The van der Waals surface area contributed by atoms with Crippen molar-refractivity contribution in [3.63, 3.8) is 0 Å². The fourth-order valence-corrected chi connectivity index (χ4v) is 11.7. The number of hydrogen-bond donors (Lipinski definition) is 0. The van der Waals surface area contributed by atoms with Crippen LogP contribution in [0, 0.1) is 46.3 Å². The third-order valence-corrected chi connectivity index (χ3v) is 13.9. The molecular weight excluding hydrogens is 705 g/mol. The highest BCUT2D eigenvalue weighted by molar-refractivity contribution is 6.16. The molecular formula is C54H40N4. The lowest BCUT2D eigenvalue weighted by molar-refractivity contribution is -0.0418. The number of benzene rings is 7. The maximum atomic E-state index is 10.7. The van der Waals surface area contributed by atoms with Crippen molar-refractivity contribution in [3.8, 4) is 57.2 Å². The van der Waals surface area contributed by atoms with Gasteiger partial charge in [-0.2, -0.15) is 10.5 Å². The zero-order valence-corrected chi connectivity index (χ0v) is 32.1. The normalized spacial score (nSPS) is 21.8. The lowest BCUT2D eigenvalue weighted by atomic mass is 9.42. The molecule has 0 aliphatic heterocycles. The molecule has 4 aliphatic rings. The summed E-state index contributed by atoms with van der Waals surface area (Å²) in [6.45, 7) is 0. The number of nitrogens with zero attached hydrogens (tertiary/aromatic N) is 4. The Morgan fingerprint density at radius 3 is 1.31 bits per heavy atom. The third kappa shape index (κ3) is 5.25. The predicted octanol–water partition coefficient (Wildman–Crippen LogP) is 12.9. The first kappa shape index (κ1) is 34.4. The molecule has 4 saturated carbocycles. The van der Waals surface area contributed by atoms with E-state index >= 15 is 0 Å². The van der Waals surface area contributed by atoms with E-state index < -0.39 is 0 Å². The second kappa shape index (κ2) is 13.7. The van der Waals surface area contributed by atoms with E-state index in [1.165, 1.54) is 54.4 Å². The van der Waals surface area contributed by atoms with Crippen LogP contribution in [0.15, 0.2) is 158 Å². The van der Waals surface area contributed by atoms with Crippen molar-refractivity contribution in [1.29, 1.82) is 10.5 Å². The Hall–Kier alpha value is -6.88. The van der Waals surface area contributed by atoms with Crippen molar-refractivity contribution >= 4 is 21.5 Å². The van der Waals surface area contributed by atoms with Gasteiger partial charge in [-0.1, -0.05) is 158 Å². The second-order valence-corrected chi connectivity index (χ2v) is 16.7. The van der Waals surface area contributed by atoms with Gasteiger partial charge in [-0.25, -0.2) is 9.97 Å². The van der Waals surface area contributed by atoms with Gasteiger partial charge in [-0.05, 0) is 88.8 Å². The minimum absolute atomic E-state index is 0.104. The average molecular weight is 745 g/mol. The predicted molar refractivity (Wildman–Crippen MR) is 232 cm³/mol. The van der Waals surface area contributed by atoms with Gasteiger partial charge in [0.2, 0.25) is 0 Å². The van der Waals surface area contributed by atoms with E-state index in [4.69, 9.17) is 9.97 Å². The van der Waals surface area contributed by atoms with Gasteiger partial charge < -0.3 is 0 Å². The summed E-state index contributed by atoms with van der Waals surface area (Å²) < 4.78 is 0. The van der Waals surface area contributed by atoms with Gasteiger partial charge in [-0.3, -0.25) is 0 Å². The van der Waals surface area contributed by atoms with Crippen LogP contribution in [-0.4, -0.2) is 9.97 Å². The first-order chi connectivity index (χ1) is 28.6. The third-order valence-electron chi connectivity index (χ3n) is 13.9. The van der Waals surface area contributed by atoms with Crippen LogP contribution in [0.1, 0.15) is 54.4 Å². The molecule has 1 heterocycles. The largest absolute Gasteiger partial charge is 0.227 e. The van der Waals surface area contributed by atoms with E-state index in [1.54, 1.807) is 0 Å². The van der Waals surface area contributed by atoms with E-state index in [9.17, 15) is 10.5 Å². The van der Waals surface area contributed by atoms with Gasteiger partial charge in [-0.15, -0.1) is 0 Å². The van der Waals surface area contributed by atoms with E-state index in [-0.39, 0.29) is 5.41 Å². The van der Waals surface area contributed by atoms with Crippen molar-refractivity contribution in [2.45, 2.75) is 37.5 Å². The van der Waals surface area contributed by atoms with Gasteiger partial charge in [0, 0.05) is 32.9 Å². The monoisotopic (exact) mass is 744 g/mol. The van der Waals surface area contributed by atoms with Crippen LogP contribution in [0.5, 0.6) is 0 Å². The van der Waals surface area contributed by atoms with Gasteiger partial charge in [0.1, 0.15) is 17.7 Å². The molecule has 0 N–H and O–H groups in total. The molecule has 4 nitrogen and oxygen atoms in total. The molecule has 0 atom stereocenters. The number of hydrogen-bond acceptors (Lipinski definition) is 4. The van der Waals surface area contributed by atoms with Crippen LogP contribution in [-0.2, 0) is 5.41 Å². The first-order valence-corrected chi connectivity index (χ1v) is 20.6. The van der Waals surface area contributed by atoms with Crippen LogP contribution in [0.2, 0.25) is 0 Å². The van der Waals surface area contributed by atoms with E-state index in [2.05, 4.69) is 97.1 Å². The van der Waals surface area contributed by atoms with Gasteiger partial charge in [0.25, 0.3) is 0 Å². The molecule has 4 heteroatoms. The highest BCUT2D eigenvalue weighted by Gasteiger charge is 2.58. The van der Waals surface area contributed by atoms with Crippen LogP contribution >= 0.6 is 0 Å². The van der Waals surface area contributed by atoms with E-state index in [0.717, 1.165) is 55.6 Å². The molecule has 1 aromatic heterocycles. The SMILES string of the molecule is N#Cc1c(-c2ccccc2)nc(-c2ccccc2)nc1-c1ccc(C2(c3ccc(-c4c5ccccc5c(C#N)c5ccccc45)cc3)C3CC4CC(C3)CC2C4)cc1. The summed E-state index contributed by atoms with van der Waals surface area (Å²) in [7, 11) is 0. The number of fused-ring (bicyclic) bond motifs is 2. The Bertz CT molecular complexity index is 2870. The summed E-state index contributed by atoms with van der Waals surface area (Å²) in [5, 5.41) is 25.2. The molecule has 0 radical (unpaired) electrons. The van der Waals surface area contributed by atoms with Crippen LogP contribution in [0.4, 0.5) is 0 Å². The van der Waals surface area contributed by atoms with Crippen molar-refractivity contribution < 1.29 is 0 Å². The lowest BCUT2D eigenvalue weighted by Gasteiger charge is -2.62. The zero-order valence-electron chi connectivity index (χ0n) is 32.1. The Kier molecular flexibility index (Phi) is 8.09. The topological polar surface area (TPSA) is 73.4 Å². The van der Waals surface area contributed by atoms with Gasteiger partial charge in [0.15, 0.2) is 5.82 Å². The molecule has 0 saturated heterocycles. The van der Waals surface area contributed by atoms with Crippen LogP contribution < -0.4 is 0 Å². The average Bonchev–Trinajstić information content (AvgIpc) is 3.28. The summed E-state index contributed by atoms with van der Waals surface area (Å²) in [6.07, 6.45) is 6.47. The van der Waals surface area contributed by atoms with Gasteiger partial charge >= 0.3 is 0 Å². The summed E-state index contributed by atoms with van der Waals surface area (Å²) in [5.74, 6) is 3.38. The molecule has 276 valence electrons. The highest BCUT2D eigenvalue weighted by atomic mass is 14.9. The zero-order chi connectivity index (χ0) is 38.8. The number of rotatable bonds is 6. The lowest BCUT2D eigenvalue weighted by Crippen LogP contribution is -2.56. The fraction of sp³-hybridized carbons (Fsp3) is 0.185. The Labute approximate surface area is 339 Å². The molecule has 0 spiro atoms. The fourth-order valence-electron chi connectivity index (χ4n) is 11.7. The summed E-state index contributed by atoms with van der Waals surface area (Å²) in [5.41, 5.74) is 10.3. The van der Waals surface area contributed by atoms with Crippen LogP contribution in [0.3, 0.4) is 0 Å². The van der Waals surface area contributed by atoms with E-state index in [0.29, 0.717) is 34.6 Å². The maximum Gasteiger partial charge on any atom is 0.160 e. The molecule has 4 bridgehead atoms. The summed E-state index contributed by atoms with van der Waals surface area (Å²) >= 11 is 0. The van der Waals surface area contributed by atoms with Crippen LogP contribution in [0.25, 0.3) is 66.6 Å². The number of nitriles is 2. The molecule has 58 heavy (non-hydrogen) atoms. The number of aromatic nitrogens is 2. The van der Waals surface area contributed by atoms with Gasteiger partial charge in [0.05, 0.1) is 17.0 Å². The molecule has 8 aromatic rings. The second-order valence-electron chi connectivity index (χ2n) is 16.7. The molecule has 4 aliphatic carbocycles. The Balaban J connectivity index is 1.06. The highest BCUT2D eigenvalue weighted by Crippen LogP contribution is 2.65. The summed E-state index contributed by atoms with van der Waals surface area (Å²) in [4.78, 5) is 10.1. The molecule has 4 fully saturated rings. The van der Waals surface area contributed by atoms with Crippen molar-refractivity contribution in [3.05, 3.63) is 180 Å². The smallest absolute Gasteiger partial charge is 0.160 e. The van der Waals surface area contributed by atoms with Crippen molar-refractivity contribution in [1.82, 2.24) is 9.97 Å². The minimum atomic E-state index is -0.104. The molecule has 0 unspecified atom stereocenters.